The Morgan fingerprint density at radius 2 is 2.44 bits per heavy atom. The molecule has 3 heteroatoms. The van der Waals surface area contributed by atoms with Crippen LogP contribution in [0.1, 0.15) is 0 Å². The van der Waals surface area contributed by atoms with Crippen LogP contribution in [0, 0.1) is 0 Å². The normalized spacial score (nSPS) is 23.9. The summed E-state index contributed by atoms with van der Waals surface area (Å²) in [5, 5.41) is 11.0. The molecule has 2 N–H and O–H groups in total. The van der Waals surface area contributed by atoms with Crippen molar-refractivity contribution < 1.29 is 9.84 Å². The second-order valence-electron chi connectivity index (χ2n) is 1.63. The van der Waals surface area contributed by atoms with Crippen molar-refractivity contribution in [2.24, 2.45) is 0 Å². The lowest BCUT2D eigenvalue weighted by molar-refractivity contribution is 0.112. The zero-order valence-corrected chi connectivity index (χ0v) is 4.95. The first-order valence-corrected chi connectivity index (χ1v) is 2.76. The Morgan fingerprint density at radius 1 is 1.56 bits per heavy atom. The van der Waals surface area contributed by atoms with Crippen molar-refractivity contribution >= 4 is 0 Å². The molecule has 0 spiro atoms. The number of hydrogen-bond donors (Lipinski definition) is 2. The maximum Gasteiger partial charge on any atom is 0.170 e. The van der Waals surface area contributed by atoms with Gasteiger partial charge in [0.05, 0.1) is 13.0 Å². The largest absolute Gasteiger partial charge is 0.479 e. The molecule has 0 radical (unpaired) electrons. The Labute approximate surface area is 53.6 Å². The van der Waals surface area contributed by atoms with E-state index in [1.165, 1.54) is 0 Å². The first kappa shape index (κ1) is 6.32. The van der Waals surface area contributed by atoms with Gasteiger partial charge in [-0.2, -0.15) is 0 Å². The minimum atomic E-state index is -0.167. The average Bonchev–Trinajstić information content (AvgIpc) is 1.91. The molecule has 1 heterocycles. The molecule has 0 aliphatic carbocycles. The second-order valence-corrected chi connectivity index (χ2v) is 1.63. The number of allylic oxidation sites excluding steroid dienone is 2. The number of hydrogen-bond acceptors (Lipinski definition) is 3. The van der Waals surface area contributed by atoms with E-state index in [9.17, 15) is 0 Å². The summed E-state index contributed by atoms with van der Waals surface area (Å²) < 4.78 is 4.98. The lowest BCUT2D eigenvalue weighted by Gasteiger charge is -2.13. The van der Waals surface area contributed by atoms with Gasteiger partial charge in [0.1, 0.15) is 0 Å². The molecule has 1 atom stereocenters. The Morgan fingerprint density at radius 3 is 3.00 bits per heavy atom. The lowest BCUT2D eigenvalue weighted by atomic mass is 10.4. The van der Waals surface area contributed by atoms with Crippen molar-refractivity contribution in [1.29, 1.82) is 0 Å². The van der Waals surface area contributed by atoms with Gasteiger partial charge < -0.3 is 9.84 Å². The number of ether oxygens (including phenoxy) is 1. The van der Waals surface area contributed by atoms with E-state index in [0.29, 0.717) is 0 Å². The van der Waals surface area contributed by atoms with E-state index < -0.39 is 0 Å². The SMILES string of the molecule is OCNC1C=CC=CO1. The molecule has 1 aliphatic heterocycles. The predicted octanol–water partition coefficient (Wildman–Crippen LogP) is -0.0480. The van der Waals surface area contributed by atoms with Crippen molar-refractivity contribution in [3.63, 3.8) is 0 Å². The van der Waals surface area contributed by atoms with Crippen molar-refractivity contribution in [3.8, 4) is 0 Å². The maximum absolute atomic E-state index is 8.37. The highest BCUT2D eigenvalue weighted by Gasteiger charge is 2.00. The molecule has 0 aromatic rings. The third-order valence-electron chi connectivity index (χ3n) is 0.993. The summed E-state index contributed by atoms with van der Waals surface area (Å²) in [6.45, 7) is -0.0666. The molecule has 1 rings (SSSR count). The molecular weight excluding hydrogens is 118 g/mol. The summed E-state index contributed by atoms with van der Waals surface area (Å²) in [6.07, 6.45) is 6.87. The molecule has 9 heavy (non-hydrogen) atoms. The van der Waals surface area contributed by atoms with E-state index in [1.807, 2.05) is 12.2 Å². The van der Waals surface area contributed by atoms with Crippen LogP contribution in [0.5, 0.6) is 0 Å². The molecule has 1 aliphatic rings. The van der Waals surface area contributed by atoms with Gasteiger partial charge in [-0.25, -0.2) is 0 Å². The highest BCUT2D eigenvalue weighted by molar-refractivity contribution is 5.06. The molecule has 0 aromatic heterocycles. The Hall–Kier alpha value is -0.800. The minimum absolute atomic E-state index is 0.0666. The minimum Gasteiger partial charge on any atom is -0.479 e. The summed E-state index contributed by atoms with van der Waals surface area (Å²) >= 11 is 0. The predicted molar refractivity (Wildman–Crippen MR) is 33.4 cm³/mol. The third kappa shape index (κ3) is 1.87. The van der Waals surface area contributed by atoms with Gasteiger partial charge in [-0.15, -0.1) is 0 Å². The quantitative estimate of drug-likeness (QED) is 0.511. The average molecular weight is 127 g/mol. The monoisotopic (exact) mass is 127 g/mol. The Balaban J connectivity index is 2.28. The van der Waals surface area contributed by atoms with Gasteiger partial charge >= 0.3 is 0 Å². The van der Waals surface area contributed by atoms with Crippen molar-refractivity contribution in [1.82, 2.24) is 5.32 Å². The Bertz CT molecular complexity index is 131. The third-order valence-corrected chi connectivity index (χ3v) is 0.993. The van der Waals surface area contributed by atoms with E-state index in [1.54, 1.807) is 12.3 Å². The number of aliphatic hydroxyl groups excluding tert-OH is 1. The molecule has 0 saturated carbocycles. The van der Waals surface area contributed by atoms with Gasteiger partial charge in [-0.1, -0.05) is 6.08 Å². The molecule has 0 amide bonds. The van der Waals surface area contributed by atoms with Crippen molar-refractivity contribution in [3.05, 3.63) is 24.5 Å². The fourth-order valence-electron chi connectivity index (χ4n) is 0.592. The molecule has 50 valence electrons. The summed E-state index contributed by atoms with van der Waals surface area (Å²) in [4.78, 5) is 0. The molecule has 3 nitrogen and oxygen atoms in total. The van der Waals surface area contributed by atoms with Gasteiger partial charge in [-0.3, -0.25) is 5.32 Å². The molecular formula is C6H9NO2. The Kier molecular flexibility index (Phi) is 2.30. The van der Waals surface area contributed by atoms with Crippen LogP contribution >= 0.6 is 0 Å². The fourth-order valence-corrected chi connectivity index (χ4v) is 0.592. The van der Waals surface area contributed by atoms with E-state index in [-0.39, 0.29) is 13.0 Å². The zero-order valence-electron chi connectivity index (χ0n) is 4.95. The van der Waals surface area contributed by atoms with Crippen LogP contribution in [0.4, 0.5) is 0 Å². The molecule has 0 bridgehead atoms. The lowest BCUT2D eigenvalue weighted by Crippen LogP contribution is -2.29. The first-order chi connectivity index (χ1) is 4.43. The van der Waals surface area contributed by atoms with Crippen LogP contribution in [0.3, 0.4) is 0 Å². The van der Waals surface area contributed by atoms with Crippen LogP contribution < -0.4 is 5.32 Å². The molecule has 0 aromatic carbocycles. The van der Waals surface area contributed by atoms with Crippen LogP contribution in [-0.2, 0) is 4.74 Å². The number of aliphatic hydroxyl groups is 1. The molecule has 0 fully saturated rings. The summed E-state index contributed by atoms with van der Waals surface area (Å²) in [6, 6.07) is 0. The van der Waals surface area contributed by atoms with Crippen LogP contribution in [0.25, 0.3) is 0 Å². The van der Waals surface area contributed by atoms with Gasteiger partial charge in [0.25, 0.3) is 0 Å². The molecule has 1 unspecified atom stereocenters. The standard InChI is InChI=1S/C6H9NO2/c8-5-7-6-3-1-2-4-9-6/h1-4,6-8H,5H2. The summed E-state index contributed by atoms with van der Waals surface area (Å²) in [7, 11) is 0. The van der Waals surface area contributed by atoms with Crippen LogP contribution in [0.15, 0.2) is 24.5 Å². The van der Waals surface area contributed by atoms with Gasteiger partial charge in [-0.05, 0) is 12.2 Å². The molecule has 0 saturated heterocycles. The van der Waals surface area contributed by atoms with E-state index >= 15 is 0 Å². The van der Waals surface area contributed by atoms with Crippen molar-refractivity contribution in [2.45, 2.75) is 6.23 Å². The van der Waals surface area contributed by atoms with E-state index in [0.717, 1.165) is 0 Å². The van der Waals surface area contributed by atoms with Crippen LogP contribution in [-0.4, -0.2) is 18.1 Å². The fraction of sp³-hybridized carbons (Fsp3) is 0.333. The number of rotatable bonds is 2. The second kappa shape index (κ2) is 3.27. The van der Waals surface area contributed by atoms with Gasteiger partial charge in [0.15, 0.2) is 6.23 Å². The summed E-state index contributed by atoms with van der Waals surface area (Å²) in [5.41, 5.74) is 0. The van der Waals surface area contributed by atoms with Crippen molar-refractivity contribution in [2.75, 3.05) is 6.73 Å². The van der Waals surface area contributed by atoms with E-state index in [4.69, 9.17) is 9.84 Å². The van der Waals surface area contributed by atoms with E-state index in [2.05, 4.69) is 5.32 Å². The zero-order chi connectivity index (χ0) is 6.53. The number of nitrogens with one attached hydrogen (secondary N) is 1. The maximum atomic E-state index is 8.37. The van der Waals surface area contributed by atoms with Gasteiger partial charge in [0, 0.05) is 0 Å². The first-order valence-electron chi connectivity index (χ1n) is 2.76. The van der Waals surface area contributed by atoms with Gasteiger partial charge in [0.2, 0.25) is 0 Å². The highest BCUT2D eigenvalue weighted by atomic mass is 16.5. The van der Waals surface area contributed by atoms with Crippen LogP contribution in [0.2, 0.25) is 0 Å². The topological polar surface area (TPSA) is 41.5 Å². The smallest absolute Gasteiger partial charge is 0.170 e. The summed E-state index contributed by atoms with van der Waals surface area (Å²) in [5.74, 6) is 0. The highest BCUT2D eigenvalue weighted by Crippen LogP contribution is 1.96.